The molecule has 1 saturated heterocycles. The SMILES string of the molecule is CC1(c2nn3c(C4CCCCC4)nnc3s2)CCCCN1. The van der Waals surface area contributed by atoms with Crippen molar-refractivity contribution in [2.24, 2.45) is 0 Å². The predicted molar refractivity (Wildman–Crippen MR) is 83.7 cm³/mol. The average molecular weight is 305 g/mol. The van der Waals surface area contributed by atoms with E-state index < -0.39 is 0 Å². The van der Waals surface area contributed by atoms with Crippen LogP contribution in [0.2, 0.25) is 0 Å². The Balaban J connectivity index is 1.68. The molecule has 1 N–H and O–H groups in total. The normalized spacial score (nSPS) is 28.2. The molecule has 3 heterocycles. The molecule has 4 rings (SSSR count). The molecule has 0 bridgehead atoms. The molecule has 0 spiro atoms. The Kier molecular flexibility index (Phi) is 3.46. The first kappa shape index (κ1) is 13.6. The molecule has 6 heteroatoms. The van der Waals surface area contributed by atoms with Crippen LogP contribution < -0.4 is 5.32 Å². The van der Waals surface area contributed by atoms with E-state index in [1.807, 2.05) is 4.52 Å². The van der Waals surface area contributed by atoms with E-state index in [4.69, 9.17) is 5.10 Å². The second-order valence-electron chi connectivity index (χ2n) is 6.71. The molecule has 114 valence electrons. The van der Waals surface area contributed by atoms with Crippen molar-refractivity contribution in [2.75, 3.05) is 6.54 Å². The van der Waals surface area contributed by atoms with E-state index in [1.165, 1.54) is 50.0 Å². The maximum Gasteiger partial charge on any atom is 0.234 e. The first-order valence-corrected chi connectivity index (χ1v) is 9.06. The van der Waals surface area contributed by atoms with Crippen molar-refractivity contribution in [1.29, 1.82) is 0 Å². The molecule has 1 atom stereocenters. The van der Waals surface area contributed by atoms with Crippen molar-refractivity contribution in [3.63, 3.8) is 0 Å². The van der Waals surface area contributed by atoms with Gasteiger partial charge in [-0.05, 0) is 45.6 Å². The van der Waals surface area contributed by atoms with Crippen LogP contribution in [0.5, 0.6) is 0 Å². The van der Waals surface area contributed by atoms with Gasteiger partial charge in [0, 0.05) is 5.92 Å². The highest BCUT2D eigenvalue weighted by atomic mass is 32.1. The minimum Gasteiger partial charge on any atom is -0.306 e. The van der Waals surface area contributed by atoms with E-state index >= 15 is 0 Å². The van der Waals surface area contributed by atoms with Gasteiger partial charge in [0.05, 0.1) is 5.54 Å². The van der Waals surface area contributed by atoms with Crippen molar-refractivity contribution in [1.82, 2.24) is 25.1 Å². The average Bonchev–Trinajstić information content (AvgIpc) is 3.09. The van der Waals surface area contributed by atoms with Crippen LogP contribution in [-0.4, -0.2) is 26.4 Å². The summed E-state index contributed by atoms with van der Waals surface area (Å²) in [6.07, 6.45) is 10.2. The van der Waals surface area contributed by atoms with E-state index in [9.17, 15) is 0 Å². The number of hydrogen-bond acceptors (Lipinski definition) is 5. The molecule has 21 heavy (non-hydrogen) atoms. The summed E-state index contributed by atoms with van der Waals surface area (Å²) >= 11 is 1.70. The summed E-state index contributed by atoms with van der Waals surface area (Å²) in [5, 5.41) is 18.5. The largest absolute Gasteiger partial charge is 0.306 e. The first-order chi connectivity index (χ1) is 10.3. The zero-order valence-corrected chi connectivity index (χ0v) is 13.5. The molecular weight excluding hydrogens is 282 g/mol. The van der Waals surface area contributed by atoms with E-state index in [2.05, 4.69) is 22.4 Å². The first-order valence-electron chi connectivity index (χ1n) is 8.24. The Hall–Kier alpha value is -1.01. The zero-order chi connectivity index (χ0) is 14.3. The third-order valence-corrected chi connectivity index (χ3v) is 6.24. The van der Waals surface area contributed by atoms with Crippen molar-refractivity contribution in [3.05, 3.63) is 10.8 Å². The number of aromatic nitrogens is 4. The summed E-state index contributed by atoms with van der Waals surface area (Å²) in [6.45, 7) is 3.37. The number of nitrogens with zero attached hydrogens (tertiary/aromatic N) is 4. The minimum absolute atomic E-state index is 0.0213. The fourth-order valence-corrected chi connectivity index (χ4v) is 4.71. The monoisotopic (exact) mass is 305 g/mol. The van der Waals surface area contributed by atoms with Gasteiger partial charge in [0.15, 0.2) is 5.82 Å². The van der Waals surface area contributed by atoms with Gasteiger partial charge in [0.2, 0.25) is 4.96 Å². The Morgan fingerprint density at radius 1 is 1.14 bits per heavy atom. The van der Waals surface area contributed by atoms with Crippen molar-refractivity contribution >= 4 is 16.3 Å². The molecule has 5 nitrogen and oxygen atoms in total. The summed E-state index contributed by atoms with van der Waals surface area (Å²) in [5.74, 6) is 1.64. The van der Waals surface area contributed by atoms with Gasteiger partial charge in [0.1, 0.15) is 5.01 Å². The Morgan fingerprint density at radius 2 is 2.00 bits per heavy atom. The lowest BCUT2D eigenvalue weighted by Gasteiger charge is -2.32. The fraction of sp³-hybridized carbons (Fsp3) is 0.800. The number of fused-ring (bicyclic) bond motifs is 1. The fourth-order valence-electron chi connectivity index (χ4n) is 3.71. The summed E-state index contributed by atoms with van der Waals surface area (Å²) < 4.78 is 2.03. The van der Waals surface area contributed by atoms with Crippen LogP contribution in [0.25, 0.3) is 4.96 Å². The Labute approximate surface area is 129 Å². The van der Waals surface area contributed by atoms with Gasteiger partial charge in [-0.1, -0.05) is 30.6 Å². The smallest absolute Gasteiger partial charge is 0.234 e. The van der Waals surface area contributed by atoms with Gasteiger partial charge in [0.25, 0.3) is 0 Å². The van der Waals surface area contributed by atoms with E-state index in [1.54, 1.807) is 11.3 Å². The lowest BCUT2D eigenvalue weighted by Crippen LogP contribution is -2.43. The molecule has 2 aromatic rings. The second kappa shape index (κ2) is 5.32. The van der Waals surface area contributed by atoms with Gasteiger partial charge < -0.3 is 5.32 Å². The van der Waals surface area contributed by atoms with Crippen molar-refractivity contribution < 1.29 is 0 Å². The molecule has 2 fully saturated rings. The molecule has 1 unspecified atom stereocenters. The van der Waals surface area contributed by atoms with Gasteiger partial charge in [-0.2, -0.15) is 9.61 Å². The molecule has 2 aliphatic rings. The van der Waals surface area contributed by atoms with Crippen LogP contribution in [0.1, 0.15) is 75.0 Å². The van der Waals surface area contributed by atoms with E-state index in [0.717, 1.165) is 23.8 Å². The summed E-state index contributed by atoms with van der Waals surface area (Å²) in [7, 11) is 0. The third kappa shape index (κ3) is 2.38. The molecule has 0 radical (unpaired) electrons. The number of hydrogen-bond donors (Lipinski definition) is 1. The lowest BCUT2D eigenvalue weighted by atomic mass is 9.89. The highest BCUT2D eigenvalue weighted by Crippen LogP contribution is 2.35. The van der Waals surface area contributed by atoms with E-state index in [-0.39, 0.29) is 5.54 Å². The maximum absolute atomic E-state index is 4.89. The summed E-state index contributed by atoms with van der Waals surface area (Å²) in [5.41, 5.74) is 0.0213. The Morgan fingerprint density at radius 3 is 2.76 bits per heavy atom. The van der Waals surface area contributed by atoms with Crippen LogP contribution in [0.3, 0.4) is 0 Å². The van der Waals surface area contributed by atoms with Gasteiger partial charge >= 0.3 is 0 Å². The van der Waals surface area contributed by atoms with Crippen LogP contribution in [-0.2, 0) is 5.54 Å². The van der Waals surface area contributed by atoms with Crippen LogP contribution in [0, 0.1) is 0 Å². The number of nitrogens with one attached hydrogen (secondary N) is 1. The van der Waals surface area contributed by atoms with Crippen molar-refractivity contribution in [3.8, 4) is 0 Å². The maximum atomic E-state index is 4.89. The Bertz CT molecular complexity index is 619. The van der Waals surface area contributed by atoms with Crippen molar-refractivity contribution in [2.45, 2.75) is 69.7 Å². The van der Waals surface area contributed by atoms with Crippen LogP contribution in [0.4, 0.5) is 0 Å². The van der Waals surface area contributed by atoms with Crippen LogP contribution in [0.15, 0.2) is 0 Å². The minimum atomic E-state index is 0.0213. The standard InChI is InChI=1S/C15H23N5S/c1-15(9-5-6-10-16-15)13-19-20-12(17-18-14(20)21-13)11-7-3-2-4-8-11/h11,16H,2-10H2,1H3. The molecule has 0 aromatic carbocycles. The van der Waals surface area contributed by atoms with E-state index in [0.29, 0.717) is 5.92 Å². The van der Waals surface area contributed by atoms with Gasteiger partial charge in [-0.25, -0.2) is 0 Å². The molecule has 1 aliphatic carbocycles. The molecule has 1 aliphatic heterocycles. The number of piperidine rings is 1. The highest BCUT2D eigenvalue weighted by Gasteiger charge is 2.33. The topological polar surface area (TPSA) is 55.1 Å². The molecule has 1 saturated carbocycles. The molecule has 0 amide bonds. The zero-order valence-electron chi connectivity index (χ0n) is 12.6. The van der Waals surface area contributed by atoms with Gasteiger partial charge in [-0.3, -0.25) is 0 Å². The summed E-state index contributed by atoms with van der Waals surface area (Å²) in [6, 6.07) is 0. The number of rotatable bonds is 2. The third-order valence-electron chi connectivity index (χ3n) is 5.08. The second-order valence-corrected chi connectivity index (χ2v) is 7.67. The molecule has 2 aromatic heterocycles. The molecular formula is C15H23N5S. The quantitative estimate of drug-likeness (QED) is 0.925. The predicted octanol–water partition coefficient (Wildman–Crippen LogP) is 3.22. The summed E-state index contributed by atoms with van der Waals surface area (Å²) in [4.78, 5) is 0.958. The highest BCUT2D eigenvalue weighted by molar-refractivity contribution is 7.16. The van der Waals surface area contributed by atoms with Gasteiger partial charge in [-0.15, -0.1) is 10.2 Å². The lowest BCUT2D eigenvalue weighted by molar-refractivity contribution is 0.280. The van der Waals surface area contributed by atoms with Crippen LogP contribution >= 0.6 is 11.3 Å².